The summed E-state index contributed by atoms with van der Waals surface area (Å²) >= 11 is 0. The number of nitrogens with two attached hydrogens (primary N) is 1. The predicted octanol–water partition coefficient (Wildman–Crippen LogP) is 1.72. The van der Waals surface area contributed by atoms with Crippen molar-refractivity contribution in [3.05, 3.63) is 28.8 Å². The molecule has 1 aromatic carbocycles. The fraction of sp³-hybridized carbons (Fsp3) is 0.538. The van der Waals surface area contributed by atoms with Crippen LogP contribution in [0.1, 0.15) is 16.7 Å². The molecule has 0 saturated carbocycles. The zero-order valence-corrected chi connectivity index (χ0v) is 11.2. The van der Waals surface area contributed by atoms with Crippen molar-refractivity contribution < 1.29 is 14.2 Å². The van der Waals surface area contributed by atoms with Gasteiger partial charge >= 0.3 is 0 Å². The number of benzene rings is 1. The molecule has 0 bridgehead atoms. The van der Waals surface area contributed by atoms with Crippen LogP contribution < -0.4 is 10.5 Å². The highest BCUT2D eigenvalue weighted by atomic mass is 16.7. The number of ether oxygens (including phenoxy) is 3. The van der Waals surface area contributed by atoms with E-state index in [9.17, 15) is 0 Å². The first-order chi connectivity index (χ1) is 8.04. The average Bonchev–Trinajstić information content (AvgIpc) is 2.35. The second kappa shape index (κ2) is 5.49. The molecular weight excluding hydrogens is 218 g/mol. The van der Waals surface area contributed by atoms with Gasteiger partial charge in [-0.25, -0.2) is 0 Å². The molecule has 0 aliphatic rings. The third-order valence-corrected chi connectivity index (χ3v) is 3.08. The van der Waals surface area contributed by atoms with E-state index >= 15 is 0 Å². The molecule has 0 spiro atoms. The number of hydrogen-bond acceptors (Lipinski definition) is 4. The summed E-state index contributed by atoms with van der Waals surface area (Å²) in [5, 5.41) is 0. The summed E-state index contributed by atoms with van der Waals surface area (Å²) in [6, 6.07) is 3.96. The SMILES string of the molecule is COc1cc(C)c(C(CN)(OC)OC)cc1C. The second-order valence-electron chi connectivity index (χ2n) is 4.00. The minimum atomic E-state index is -0.888. The summed E-state index contributed by atoms with van der Waals surface area (Å²) in [5.41, 5.74) is 8.76. The second-order valence-corrected chi connectivity index (χ2v) is 4.00. The normalized spacial score (nSPS) is 11.6. The van der Waals surface area contributed by atoms with Crippen molar-refractivity contribution in [2.45, 2.75) is 19.6 Å². The largest absolute Gasteiger partial charge is 0.496 e. The van der Waals surface area contributed by atoms with Gasteiger partial charge in [-0.3, -0.25) is 0 Å². The molecule has 0 heterocycles. The Morgan fingerprint density at radius 1 is 1.06 bits per heavy atom. The van der Waals surface area contributed by atoms with Crippen molar-refractivity contribution in [3.8, 4) is 5.75 Å². The molecule has 17 heavy (non-hydrogen) atoms. The fourth-order valence-corrected chi connectivity index (χ4v) is 2.00. The van der Waals surface area contributed by atoms with Crippen LogP contribution in [0.15, 0.2) is 12.1 Å². The maximum absolute atomic E-state index is 5.77. The lowest BCUT2D eigenvalue weighted by atomic mass is 9.97. The van der Waals surface area contributed by atoms with Crippen molar-refractivity contribution in [2.75, 3.05) is 27.9 Å². The summed E-state index contributed by atoms with van der Waals surface area (Å²) < 4.78 is 16.2. The Hall–Kier alpha value is -1.10. The first-order valence-electron chi connectivity index (χ1n) is 5.50. The lowest BCUT2D eigenvalue weighted by Gasteiger charge is -2.31. The van der Waals surface area contributed by atoms with Crippen LogP contribution in [-0.4, -0.2) is 27.9 Å². The fourth-order valence-electron chi connectivity index (χ4n) is 2.00. The van der Waals surface area contributed by atoms with Gasteiger partial charge in [-0.1, -0.05) is 0 Å². The molecule has 4 heteroatoms. The van der Waals surface area contributed by atoms with E-state index in [1.165, 1.54) is 0 Å². The average molecular weight is 239 g/mol. The number of methoxy groups -OCH3 is 3. The molecule has 0 atom stereocenters. The lowest BCUT2D eigenvalue weighted by molar-refractivity contribution is -0.208. The van der Waals surface area contributed by atoms with E-state index in [-0.39, 0.29) is 6.54 Å². The van der Waals surface area contributed by atoms with E-state index in [0.29, 0.717) is 0 Å². The van der Waals surface area contributed by atoms with Crippen LogP contribution in [0.4, 0.5) is 0 Å². The molecule has 96 valence electrons. The predicted molar refractivity (Wildman–Crippen MR) is 67.2 cm³/mol. The zero-order valence-electron chi connectivity index (χ0n) is 11.2. The Kier molecular flexibility index (Phi) is 4.51. The molecule has 0 aliphatic heterocycles. The van der Waals surface area contributed by atoms with Crippen LogP contribution in [0.2, 0.25) is 0 Å². The third kappa shape index (κ3) is 2.44. The molecule has 0 unspecified atom stereocenters. The van der Waals surface area contributed by atoms with Gasteiger partial charge in [0.2, 0.25) is 5.79 Å². The van der Waals surface area contributed by atoms with Gasteiger partial charge in [-0.05, 0) is 37.1 Å². The molecule has 4 nitrogen and oxygen atoms in total. The minimum Gasteiger partial charge on any atom is -0.496 e. The van der Waals surface area contributed by atoms with Gasteiger partial charge in [-0.15, -0.1) is 0 Å². The standard InChI is InChI=1S/C13H21NO3/c1-9-7-12(15-3)10(2)6-11(9)13(8-14,16-4)17-5/h6-7H,8,14H2,1-5H3. The van der Waals surface area contributed by atoms with E-state index in [0.717, 1.165) is 22.4 Å². The Bertz CT molecular complexity index is 378. The summed E-state index contributed by atoms with van der Waals surface area (Å²) in [4.78, 5) is 0. The van der Waals surface area contributed by atoms with Gasteiger partial charge < -0.3 is 19.9 Å². The smallest absolute Gasteiger partial charge is 0.207 e. The summed E-state index contributed by atoms with van der Waals surface area (Å²) in [6.45, 7) is 4.22. The first-order valence-corrected chi connectivity index (χ1v) is 5.50. The van der Waals surface area contributed by atoms with E-state index in [2.05, 4.69) is 0 Å². The van der Waals surface area contributed by atoms with Crippen LogP contribution in [0.25, 0.3) is 0 Å². The van der Waals surface area contributed by atoms with Gasteiger partial charge in [0, 0.05) is 19.8 Å². The molecule has 0 saturated heterocycles. The lowest BCUT2D eigenvalue weighted by Crippen LogP contribution is -2.39. The van der Waals surface area contributed by atoms with Crippen molar-refractivity contribution in [1.29, 1.82) is 0 Å². The Balaban J connectivity index is 3.35. The highest BCUT2D eigenvalue weighted by Crippen LogP contribution is 2.32. The van der Waals surface area contributed by atoms with Crippen LogP contribution in [0, 0.1) is 13.8 Å². The molecule has 0 aliphatic carbocycles. The minimum absolute atomic E-state index is 0.257. The number of rotatable bonds is 5. The quantitative estimate of drug-likeness (QED) is 0.795. The Labute approximate surface area is 103 Å². The van der Waals surface area contributed by atoms with E-state index in [1.54, 1.807) is 21.3 Å². The maximum atomic E-state index is 5.77. The molecule has 0 aromatic heterocycles. The van der Waals surface area contributed by atoms with Gasteiger partial charge in [0.1, 0.15) is 5.75 Å². The van der Waals surface area contributed by atoms with E-state index < -0.39 is 5.79 Å². The van der Waals surface area contributed by atoms with Crippen molar-refractivity contribution in [1.82, 2.24) is 0 Å². The van der Waals surface area contributed by atoms with Gasteiger partial charge in [0.05, 0.1) is 13.7 Å². The Morgan fingerprint density at radius 2 is 1.65 bits per heavy atom. The van der Waals surface area contributed by atoms with Crippen molar-refractivity contribution in [3.63, 3.8) is 0 Å². The van der Waals surface area contributed by atoms with E-state index in [1.807, 2.05) is 26.0 Å². The van der Waals surface area contributed by atoms with Crippen LogP contribution >= 0.6 is 0 Å². The highest BCUT2D eigenvalue weighted by molar-refractivity contribution is 5.43. The molecule has 1 rings (SSSR count). The summed E-state index contributed by atoms with van der Waals surface area (Å²) in [5.74, 6) is -0.0365. The highest BCUT2D eigenvalue weighted by Gasteiger charge is 2.32. The number of aryl methyl sites for hydroxylation is 2. The molecular formula is C13H21NO3. The maximum Gasteiger partial charge on any atom is 0.207 e. The first kappa shape index (κ1) is 14.0. The Morgan fingerprint density at radius 3 is 2.06 bits per heavy atom. The van der Waals surface area contributed by atoms with Crippen molar-refractivity contribution in [2.24, 2.45) is 5.73 Å². The van der Waals surface area contributed by atoms with Crippen molar-refractivity contribution >= 4 is 0 Å². The van der Waals surface area contributed by atoms with Gasteiger partial charge in [0.25, 0.3) is 0 Å². The summed E-state index contributed by atoms with van der Waals surface area (Å²) in [6.07, 6.45) is 0. The van der Waals surface area contributed by atoms with Crippen LogP contribution in [-0.2, 0) is 15.3 Å². The molecule has 1 aromatic rings. The van der Waals surface area contributed by atoms with Crippen LogP contribution in [0.5, 0.6) is 5.75 Å². The molecule has 0 fully saturated rings. The molecule has 0 amide bonds. The zero-order chi connectivity index (χ0) is 13.1. The molecule has 0 radical (unpaired) electrons. The summed E-state index contributed by atoms with van der Waals surface area (Å²) in [7, 11) is 4.84. The van der Waals surface area contributed by atoms with Gasteiger partial charge in [-0.2, -0.15) is 0 Å². The van der Waals surface area contributed by atoms with E-state index in [4.69, 9.17) is 19.9 Å². The monoisotopic (exact) mass is 239 g/mol. The third-order valence-electron chi connectivity index (χ3n) is 3.08. The van der Waals surface area contributed by atoms with Crippen LogP contribution in [0.3, 0.4) is 0 Å². The molecule has 2 N–H and O–H groups in total. The topological polar surface area (TPSA) is 53.7 Å². The number of hydrogen-bond donors (Lipinski definition) is 1. The van der Waals surface area contributed by atoms with Gasteiger partial charge in [0.15, 0.2) is 0 Å².